The summed E-state index contributed by atoms with van der Waals surface area (Å²) in [6.07, 6.45) is 2.23. The van der Waals surface area contributed by atoms with Crippen molar-refractivity contribution < 1.29 is 28.5 Å². The molecule has 0 amide bonds. The van der Waals surface area contributed by atoms with E-state index in [4.69, 9.17) is 14.2 Å². The molecule has 6 heteroatoms. The van der Waals surface area contributed by atoms with Crippen LogP contribution in [0, 0.1) is 23.1 Å². The number of rotatable bonds is 8. The first-order chi connectivity index (χ1) is 19.0. The van der Waals surface area contributed by atoms with E-state index >= 15 is 4.39 Å². The second kappa shape index (κ2) is 10.5. The molecule has 1 spiro atoms. The van der Waals surface area contributed by atoms with Gasteiger partial charge in [-0.15, -0.1) is 0 Å². The van der Waals surface area contributed by atoms with Crippen LogP contribution in [0.5, 0.6) is 11.5 Å². The average Bonchev–Trinajstić information content (AvgIpc) is 3.19. The Bertz CT molecular complexity index is 1420. The lowest BCUT2D eigenvalue weighted by Crippen LogP contribution is -2.50. The second-order valence-electron chi connectivity index (χ2n) is 12.4. The third-order valence-electron chi connectivity index (χ3n) is 9.04. The van der Waals surface area contributed by atoms with Crippen molar-refractivity contribution in [1.29, 1.82) is 0 Å². The molecule has 5 rings (SSSR count). The number of methoxy groups -OCH3 is 2. The highest BCUT2D eigenvalue weighted by Crippen LogP contribution is 2.59. The molecule has 2 aliphatic carbocycles. The minimum atomic E-state index is -0.705. The Hall–Kier alpha value is -3.38. The molecule has 5 nitrogen and oxygen atoms in total. The summed E-state index contributed by atoms with van der Waals surface area (Å²) in [4.78, 5) is 12.0. The van der Waals surface area contributed by atoms with E-state index in [1.54, 1.807) is 26.4 Å². The van der Waals surface area contributed by atoms with Crippen molar-refractivity contribution in [2.45, 2.75) is 65.1 Å². The van der Waals surface area contributed by atoms with Gasteiger partial charge in [0.2, 0.25) is 0 Å². The van der Waals surface area contributed by atoms with Crippen molar-refractivity contribution in [2.75, 3.05) is 14.2 Å². The van der Waals surface area contributed by atoms with Crippen LogP contribution in [-0.2, 0) is 28.0 Å². The van der Waals surface area contributed by atoms with Crippen molar-refractivity contribution >= 4 is 5.97 Å². The third kappa shape index (κ3) is 4.77. The summed E-state index contributed by atoms with van der Waals surface area (Å²) in [5.41, 5.74) is 4.84. The monoisotopic (exact) mass is 546 g/mol. The summed E-state index contributed by atoms with van der Waals surface area (Å²) in [6, 6.07) is 16.8. The molecule has 0 aliphatic heterocycles. The minimum absolute atomic E-state index is 0.243. The molecule has 1 unspecified atom stereocenters. The van der Waals surface area contributed by atoms with E-state index in [9.17, 15) is 9.90 Å². The lowest BCUT2D eigenvalue weighted by Gasteiger charge is -2.49. The summed E-state index contributed by atoms with van der Waals surface area (Å²) in [5.74, 6) is 0.236. The first-order valence-electron chi connectivity index (χ1n) is 14.0. The molecule has 1 saturated carbocycles. The smallest absolute Gasteiger partial charge is 0.307 e. The molecular formula is C34H39FO5. The number of carbonyl (C=O) groups is 1. The number of hydrogen-bond donors (Lipinski definition) is 1. The minimum Gasteiger partial charge on any atom is -0.497 e. The van der Waals surface area contributed by atoms with Gasteiger partial charge in [0, 0.05) is 18.1 Å². The Balaban J connectivity index is 1.47. The number of carboxylic acid groups (broad SMARTS) is 1. The van der Waals surface area contributed by atoms with Crippen LogP contribution in [0.3, 0.4) is 0 Å². The number of halogens is 1. The first kappa shape index (κ1) is 28.2. The number of fused-ring (bicyclic) bond motifs is 2. The van der Waals surface area contributed by atoms with Crippen molar-refractivity contribution in [3.63, 3.8) is 0 Å². The maximum Gasteiger partial charge on any atom is 0.307 e. The predicted octanol–water partition coefficient (Wildman–Crippen LogP) is 7.74. The Labute approximate surface area is 236 Å². The fourth-order valence-electron chi connectivity index (χ4n) is 7.01. The molecule has 0 bridgehead atoms. The van der Waals surface area contributed by atoms with Gasteiger partial charge in [-0.05, 0) is 94.8 Å². The molecule has 4 atom stereocenters. The quantitative estimate of drug-likeness (QED) is 0.313. The lowest BCUT2D eigenvalue weighted by atomic mass is 9.53. The van der Waals surface area contributed by atoms with E-state index in [1.165, 1.54) is 11.6 Å². The molecular weight excluding hydrogens is 507 g/mol. The molecule has 3 aromatic carbocycles. The van der Waals surface area contributed by atoms with Crippen molar-refractivity contribution in [1.82, 2.24) is 0 Å². The molecule has 2 aliphatic rings. The highest BCUT2D eigenvalue weighted by Gasteiger charge is 2.58. The molecule has 0 heterocycles. The molecule has 1 fully saturated rings. The number of carboxylic acids is 1. The van der Waals surface area contributed by atoms with Crippen LogP contribution in [0.15, 0.2) is 54.6 Å². The molecule has 1 N–H and O–H groups in total. The summed E-state index contributed by atoms with van der Waals surface area (Å²) in [5, 5.41) is 9.85. The van der Waals surface area contributed by atoms with Gasteiger partial charge in [0.05, 0.1) is 19.1 Å². The van der Waals surface area contributed by atoms with Gasteiger partial charge in [-0.2, -0.15) is 0 Å². The molecule has 0 radical (unpaired) electrons. The zero-order valence-electron chi connectivity index (χ0n) is 24.2. The van der Waals surface area contributed by atoms with Crippen LogP contribution in [0.1, 0.15) is 68.9 Å². The van der Waals surface area contributed by atoms with Gasteiger partial charge in [0.1, 0.15) is 23.9 Å². The molecule has 3 aromatic rings. The van der Waals surface area contributed by atoms with Crippen LogP contribution in [0.4, 0.5) is 4.39 Å². The van der Waals surface area contributed by atoms with Crippen LogP contribution < -0.4 is 9.47 Å². The molecule has 40 heavy (non-hydrogen) atoms. The molecule has 212 valence electrons. The van der Waals surface area contributed by atoms with Gasteiger partial charge in [0.25, 0.3) is 0 Å². The first-order valence-corrected chi connectivity index (χ1v) is 14.0. The highest BCUT2D eigenvalue weighted by atomic mass is 19.1. The van der Waals surface area contributed by atoms with E-state index in [0.717, 1.165) is 47.3 Å². The van der Waals surface area contributed by atoms with E-state index < -0.39 is 5.97 Å². The number of ether oxygens (including phenoxy) is 3. The van der Waals surface area contributed by atoms with Crippen molar-refractivity contribution in [2.24, 2.45) is 17.3 Å². The second-order valence-corrected chi connectivity index (χ2v) is 12.4. The lowest BCUT2D eigenvalue weighted by molar-refractivity contribution is -0.151. The zero-order valence-corrected chi connectivity index (χ0v) is 24.2. The van der Waals surface area contributed by atoms with E-state index in [0.29, 0.717) is 23.8 Å². The van der Waals surface area contributed by atoms with E-state index in [-0.39, 0.29) is 28.7 Å². The van der Waals surface area contributed by atoms with Gasteiger partial charge < -0.3 is 19.3 Å². The maximum atomic E-state index is 15.1. The summed E-state index contributed by atoms with van der Waals surface area (Å²) < 4.78 is 32.7. The van der Waals surface area contributed by atoms with E-state index in [2.05, 4.69) is 39.8 Å². The normalized spacial score (nSPS) is 22.5. The van der Waals surface area contributed by atoms with Crippen LogP contribution in [0.25, 0.3) is 11.1 Å². The van der Waals surface area contributed by atoms with Gasteiger partial charge in [0.15, 0.2) is 0 Å². The van der Waals surface area contributed by atoms with Gasteiger partial charge in [-0.25, -0.2) is 4.39 Å². The fourth-order valence-corrected chi connectivity index (χ4v) is 7.01. The fraction of sp³-hybridized carbons (Fsp3) is 0.441. The number of benzene rings is 3. The summed E-state index contributed by atoms with van der Waals surface area (Å²) in [6.45, 7) is 8.79. The molecule has 0 saturated heterocycles. The number of aliphatic carboxylic acids is 1. The third-order valence-corrected chi connectivity index (χ3v) is 9.04. The summed E-state index contributed by atoms with van der Waals surface area (Å²) in [7, 11) is 3.25. The van der Waals surface area contributed by atoms with Gasteiger partial charge in [-0.1, -0.05) is 45.9 Å². The van der Waals surface area contributed by atoms with Crippen molar-refractivity contribution in [3.05, 3.63) is 82.7 Å². The standard InChI is InChI=1S/C34H39FO5/c1-20-15-22-8-9-24(18-29(22)34(20)14-13-28(34)32(36)37)40-19-21-7-11-25(26-17-23(38-5)10-12-30(26)35)27(16-21)31(39-6)33(2,3)4/h7-12,16-18,20,28,31H,13-15,19H2,1-6H3,(H,36,37)/t20?,28-,31+,34-/m0/s1. The maximum absolute atomic E-state index is 15.1. The van der Waals surface area contributed by atoms with Gasteiger partial charge in [-0.3, -0.25) is 4.79 Å². The predicted molar refractivity (Wildman–Crippen MR) is 153 cm³/mol. The zero-order chi connectivity index (χ0) is 28.8. The Morgan fingerprint density at radius 3 is 2.42 bits per heavy atom. The Morgan fingerprint density at radius 2 is 1.80 bits per heavy atom. The van der Waals surface area contributed by atoms with Crippen LogP contribution in [0.2, 0.25) is 0 Å². The number of hydrogen-bond acceptors (Lipinski definition) is 4. The van der Waals surface area contributed by atoms with Crippen LogP contribution >= 0.6 is 0 Å². The SMILES string of the molecule is COc1ccc(F)c(-c2ccc(COc3ccc4c(c3)[C@@]3(CC[C@H]3C(=O)O)C(C)C4)cc2[C@@H](OC)C(C)(C)C)c1. The molecule has 0 aromatic heterocycles. The Kier molecular flexibility index (Phi) is 7.43. The van der Waals surface area contributed by atoms with E-state index in [1.807, 2.05) is 24.3 Å². The average molecular weight is 547 g/mol. The topological polar surface area (TPSA) is 65.0 Å². The highest BCUT2D eigenvalue weighted by molar-refractivity contribution is 5.75. The van der Waals surface area contributed by atoms with Crippen molar-refractivity contribution in [3.8, 4) is 22.6 Å². The summed E-state index contributed by atoms with van der Waals surface area (Å²) >= 11 is 0. The van der Waals surface area contributed by atoms with Gasteiger partial charge >= 0.3 is 5.97 Å². The largest absolute Gasteiger partial charge is 0.497 e. The van der Waals surface area contributed by atoms with Crippen LogP contribution in [-0.4, -0.2) is 25.3 Å². The Morgan fingerprint density at radius 1 is 1.05 bits per heavy atom.